The number of halogens is 1. The second-order valence-electron chi connectivity index (χ2n) is 6.65. The van der Waals surface area contributed by atoms with Crippen LogP contribution in [0.4, 0.5) is 5.82 Å². The van der Waals surface area contributed by atoms with Crippen molar-refractivity contribution >= 4 is 46.7 Å². The quantitative estimate of drug-likeness (QED) is 0.144. The van der Waals surface area contributed by atoms with Crippen LogP contribution in [0, 0.1) is 0 Å². The highest BCUT2D eigenvalue weighted by atomic mass is 127. The van der Waals surface area contributed by atoms with Crippen LogP contribution >= 0.6 is 24.0 Å². The molecule has 0 saturated heterocycles. The molecule has 0 spiro atoms. The third-order valence-corrected chi connectivity index (χ3v) is 4.53. The number of anilines is 1. The van der Waals surface area contributed by atoms with Crippen molar-refractivity contribution in [3.05, 3.63) is 60.4 Å². The molecule has 0 atom stereocenters. The van der Waals surface area contributed by atoms with Crippen molar-refractivity contribution < 1.29 is 0 Å². The third-order valence-electron chi connectivity index (χ3n) is 4.53. The Balaban J connectivity index is 0.00000300. The van der Waals surface area contributed by atoms with E-state index in [0.29, 0.717) is 0 Å². The van der Waals surface area contributed by atoms with Crippen LogP contribution in [-0.2, 0) is 6.42 Å². The summed E-state index contributed by atoms with van der Waals surface area (Å²) in [5.74, 6) is 1.82. The van der Waals surface area contributed by atoms with Gasteiger partial charge >= 0.3 is 0 Å². The molecule has 0 fully saturated rings. The number of hydrogen-bond acceptors (Lipinski definition) is 3. The number of para-hydroxylation sites is 1. The minimum atomic E-state index is 0. The van der Waals surface area contributed by atoms with Crippen molar-refractivity contribution in [1.29, 1.82) is 0 Å². The first-order valence-corrected chi connectivity index (χ1v) is 10.1. The van der Waals surface area contributed by atoms with Crippen LogP contribution in [0.2, 0.25) is 0 Å². The maximum atomic E-state index is 4.68. The van der Waals surface area contributed by atoms with E-state index in [1.807, 2.05) is 18.2 Å². The van der Waals surface area contributed by atoms with Crippen LogP contribution in [0.5, 0.6) is 0 Å². The number of rotatable bonds is 10. The van der Waals surface area contributed by atoms with Gasteiger partial charge in [0.2, 0.25) is 0 Å². The zero-order chi connectivity index (χ0) is 19.4. The molecule has 6 nitrogen and oxygen atoms in total. The van der Waals surface area contributed by atoms with Crippen molar-refractivity contribution in [2.75, 3.05) is 31.5 Å². The predicted octanol–water partition coefficient (Wildman–Crippen LogP) is 4.17. The summed E-state index contributed by atoms with van der Waals surface area (Å²) < 4.78 is 0. The van der Waals surface area contributed by atoms with Crippen LogP contribution in [0.25, 0.3) is 10.9 Å². The van der Waals surface area contributed by atoms with Crippen molar-refractivity contribution in [3.63, 3.8) is 0 Å². The monoisotopic (exact) mass is 506 g/mol. The van der Waals surface area contributed by atoms with Gasteiger partial charge in [-0.3, -0.25) is 4.99 Å². The van der Waals surface area contributed by atoms with E-state index < -0.39 is 0 Å². The summed E-state index contributed by atoms with van der Waals surface area (Å²) >= 11 is 0. The Labute approximate surface area is 190 Å². The number of guanidine groups is 1. The SMILES string of the molecule is CCNC(=NCCCCNc1ccccn1)NCCc1c[nH]c2ccccc12.I. The van der Waals surface area contributed by atoms with Crippen LogP contribution in [0.15, 0.2) is 59.9 Å². The predicted molar refractivity (Wildman–Crippen MR) is 133 cm³/mol. The largest absolute Gasteiger partial charge is 0.370 e. The highest BCUT2D eigenvalue weighted by Crippen LogP contribution is 2.17. The molecule has 156 valence electrons. The Hall–Kier alpha value is -2.29. The summed E-state index contributed by atoms with van der Waals surface area (Å²) in [6, 6.07) is 14.3. The van der Waals surface area contributed by atoms with Gasteiger partial charge in [-0.2, -0.15) is 0 Å². The smallest absolute Gasteiger partial charge is 0.191 e. The minimum absolute atomic E-state index is 0. The zero-order valence-electron chi connectivity index (χ0n) is 16.9. The summed E-state index contributed by atoms with van der Waals surface area (Å²) in [5.41, 5.74) is 2.52. The van der Waals surface area contributed by atoms with Crippen molar-refractivity contribution in [3.8, 4) is 0 Å². The van der Waals surface area contributed by atoms with Gasteiger partial charge in [0, 0.05) is 49.5 Å². The van der Waals surface area contributed by atoms with Crippen molar-refractivity contribution in [1.82, 2.24) is 20.6 Å². The van der Waals surface area contributed by atoms with E-state index in [1.165, 1.54) is 16.5 Å². The maximum Gasteiger partial charge on any atom is 0.191 e. The van der Waals surface area contributed by atoms with E-state index >= 15 is 0 Å². The standard InChI is InChI=1S/C22H30N6.HI/c1-2-23-22(26-15-8-7-14-25-21-11-5-6-13-24-21)27-16-12-18-17-28-20-10-4-3-9-19(18)20;/h3-6,9-11,13,17,28H,2,7-8,12,14-16H2,1H3,(H,24,25)(H2,23,26,27);1H. The number of nitrogens with one attached hydrogen (secondary N) is 4. The molecule has 0 aliphatic carbocycles. The van der Waals surface area contributed by atoms with Crippen LogP contribution in [0.3, 0.4) is 0 Å². The van der Waals surface area contributed by atoms with E-state index in [-0.39, 0.29) is 24.0 Å². The van der Waals surface area contributed by atoms with Gasteiger partial charge in [-0.1, -0.05) is 24.3 Å². The van der Waals surface area contributed by atoms with Crippen LogP contribution in [0.1, 0.15) is 25.3 Å². The number of aromatic nitrogens is 2. The lowest BCUT2D eigenvalue weighted by atomic mass is 10.1. The summed E-state index contributed by atoms with van der Waals surface area (Å²) in [4.78, 5) is 12.3. The Morgan fingerprint density at radius 1 is 1.03 bits per heavy atom. The number of aliphatic imine (C=N–C) groups is 1. The summed E-state index contributed by atoms with van der Waals surface area (Å²) in [6.45, 7) is 5.53. The van der Waals surface area contributed by atoms with E-state index in [4.69, 9.17) is 0 Å². The van der Waals surface area contributed by atoms with Gasteiger partial charge in [0.05, 0.1) is 0 Å². The number of benzene rings is 1. The molecule has 3 aromatic rings. The number of fused-ring (bicyclic) bond motifs is 1. The van der Waals surface area contributed by atoms with Crippen LogP contribution in [-0.4, -0.2) is 42.1 Å². The zero-order valence-corrected chi connectivity index (χ0v) is 19.3. The molecule has 0 saturated carbocycles. The molecule has 4 N–H and O–H groups in total. The molecule has 0 bridgehead atoms. The molecule has 3 rings (SSSR count). The summed E-state index contributed by atoms with van der Waals surface area (Å²) in [7, 11) is 0. The van der Waals surface area contributed by atoms with Gasteiger partial charge < -0.3 is 20.9 Å². The lowest BCUT2D eigenvalue weighted by Gasteiger charge is -2.11. The minimum Gasteiger partial charge on any atom is -0.370 e. The molecular formula is C22H31IN6. The number of aromatic amines is 1. The Kier molecular flexibility index (Phi) is 10.3. The molecule has 0 unspecified atom stereocenters. The second-order valence-corrected chi connectivity index (χ2v) is 6.65. The van der Waals surface area contributed by atoms with Gasteiger partial charge in [-0.25, -0.2) is 4.98 Å². The Bertz CT molecular complexity index is 862. The first-order valence-electron chi connectivity index (χ1n) is 10.1. The normalized spacial score (nSPS) is 11.1. The first kappa shape index (κ1) is 23.0. The number of pyridine rings is 1. The maximum absolute atomic E-state index is 4.68. The summed E-state index contributed by atoms with van der Waals surface area (Å²) in [5, 5.41) is 11.4. The van der Waals surface area contributed by atoms with Crippen molar-refractivity contribution in [2.45, 2.75) is 26.2 Å². The molecule has 1 aromatic carbocycles. The lowest BCUT2D eigenvalue weighted by molar-refractivity contribution is 0.750. The average Bonchev–Trinajstić information content (AvgIpc) is 3.14. The summed E-state index contributed by atoms with van der Waals surface area (Å²) in [6.07, 6.45) is 6.97. The van der Waals surface area contributed by atoms with Crippen molar-refractivity contribution in [2.24, 2.45) is 4.99 Å². The van der Waals surface area contributed by atoms with Crippen LogP contribution < -0.4 is 16.0 Å². The molecule has 0 amide bonds. The average molecular weight is 506 g/mol. The van der Waals surface area contributed by atoms with E-state index in [2.05, 4.69) is 68.3 Å². The Morgan fingerprint density at radius 3 is 2.72 bits per heavy atom. The fourth-order valence-electron chi connectivity index (χ4n) is 3.11. The van der Waals surface area contributed by atoms with Gasteiger partial charge in [0.1, 0.15) is 5.82 Å². The fourth-order valence-corrected chi connectivity index (χ4v) is 3.11. The van der Waals surface area contributed by atoms with Gasteiger partial charge in [0.15, 0.2) is 5.96 Å². The third kappa shape index (κ3) is 7.56. The van der Waals surface area contributed by atoms with Gasteiger partial charge in [-0.05, 0) is 49.9 Å². The lowest BCUT2D eigenvalue weighted by Crippen LogP contribution is -2.38. The first-order chi connectivity index (χ1) is 13.9. The molecule has 2 heterocycles. The number of hydrogen-bond donors (Lipinski definition) is 4. The molecule has 7 heteroatoms. The highest BCUT2D eigenvalue weighted by molar-refractivity contribution is 14.0. The number of H-pyrrole nitrogens is 1. The molecule has 0 aliphatic rings. The van der Waals surface area contributed by atoms with Gasteiger partial charge in [-0.15, -0.1) is 24.0 Å². The Morgan fingerprint density at radius 2 is 1.90 bits per heavy atom. The number of unbranched alkanes of at least 4 members (excludes halogenated alkanes) is 1. The van der Waals surface area contributed by atoms with E-state index in [0.717, 1.165) is 57.2 Å². The fraction of sp³-hybridized carbons (Fsp3) is 0.364. The molecule has 2 aromatic heterocycles. The molecule has 0 radical (unpaired) electrons. The number of nitrogens with zero attached hydrogens (tertiary/aromatic N) is 2. The molecule has 0 aliphatic heterocycles. The second kappa shape index (κ2) is 13.0. The van der Waals surface area contributed by atoms with Gasteiger partial charge in [0.25, 0.3) is 0 Å². The molecule has 29 heavy (non-hydrogen) atoms. The topological polar surface area (TPSA) is 77.1 Å². The van der Waals surface area contributed by atoms with E-state index in [9.17, 15) is 0 Å². The van der Waals surface area contributed by atoms with E-state index in [1.54, 1.807) is 6.20 Å². The highest BCUT2D eigenvalue weighted by Gasteiger charge is 2.03. The molecular weight excluding hydrogens is 475 g/mol.